The number of hydrogen-bond donors (Lipinski definition) is 1. The van der Waals surface area contributed by atoms with E-state index in [1.807, 2.05) is 22.4 Å². The van der Waals surface area contributed by atoms with Gasteiger partial charge >= 0.3 is 6.18 Å². The molecule has 5 nitrogen and oxygen atoms in total. The third-order valence-corrected chi connectivity index (χ3v) is 7.42. The SMILES string of the molecule is O=C(Nc1nc(-c2ccc3c(c2)CCCN3C(=O)C2CCCC2)cs1)c1ccc(C(F)(F)F)cc1. The average molecular weight is 500 g/mol. The third kappa shape index (κ3) is 4.96. The summed E-state index contributed by atoms with van der Waals surface area (Å²) in [6, 6.07) is 10.0. The monoisotopic (exact) mass is 499 g/mol. The molecular formula is C26H24F3N3O2S. The van der Waals surface area contributed by atoms with Crippen molar-refractivity contribution in [2.75, 3.05) is 16.8 Å². The van der Waals surface area contributed by atoms with Crippen molar-refractivity contribution in [1.29, 1.82) is 0 Å². The average Bonchev–Trinajstić information content (AvgIpc) is 3.55. The van der Waals surface area contributed by atoms with Crippen molar-refractivity contribution in [3.8, 4) is 11.3 Å². The van der Waals surface area contributed by atoms with Crippen molar-refractivity contribution in [2.24, 2.45) is 5.92 Å². The maximum absolute atomic E-state index is 13.0. The Kier molecular flexibility index (Phi) is 6.35. The molecule has 2 aromatic carbocycles. The number of benzene rings is 2. The minimum atomic E-state index is -4.45. The van der Waals surface area contributed by atoms with Gasteiger partial charge in [-0.25, -0.2) is 4.98 Å². The van der Waals surface area contributed by atoms with Gasteiger partial charge in [-0.3, -0.25) is 14.9 Å². The number of alkyl halides is 3. The number of carbonyl (C=O) groups is 2. The lowest BCUT2D eigenvalue weighted by molar-refractivity contribution is -0.137. The van der Waals surface area contributed by atoms with E-state index >= 15 is 0 Å². The van der Waals surface area contributed by atoms with Gasteiger partial charge in [-0.05, 0) is 67.6 Å². The number of amides is 2. The molecule has 0 bridgehead atoms. The molecule has 1 saturated carbocycles. The topological polar surface area (TPSA) is 62.3 Å². The fraction of sp³-hybridized carbons (Fsp3) is 0.346. The Labute approximate surface area is 205 Å². The van der Waals surface area contributed by atoms with Crippen LogP contribution in [0.15, 0.2) is 47.8 Å². The van der Waals surface area contributed by atoms with Gasteiger partial charge in [0.1, 0.15) is 0 Å². The number of anilines is 2. The Balaban J connectivity index is 1.30. The van der Waals surface area contributed by atoms with Crippen LogP contribution in [0.4, 0.5) is 24.0 Å². The van der Waals surface area contributed by atoms with Gasteiger partial charge in [0.05, 0.1) is 11.3 Å². The summed E-state index contributed by atoms with van der Waals surface area (Å²) in [6.07, 6.45) is 1.55. The second kappa shape index (κ2) is 9.45. The van der Waals surface area contributed by atoms with Crippen LogP contribution in [-0.2, 0) is 17.4 Å². The fourth-order valence-electron chi connectivity index (χ4n) is 4.82. The Morgan fingerprint density at radius 2 is 1.77 bits per heavy atom. The summed E-state index contributed by atoms with van der Waals surface area (Å²) >= 11 is 1.25. The van der Waals surface area contributed by atoms with Crippen LogP contribution < -0.4 is 10.2 Å². The van der Waals surface area contributed by atoms with Crippen molar-refractivity contribution < 1.29 is 22.8 Å². The van der Waals surface area contributed by atoms with Gasteiger partial charge in [0.2, 0.25) is 5.91 Å². The number of thiazole rings is 1. The minimum absolute atomic E-state index is 0.121. The summed E-state index contributed by atoms with van der Waals surface area (Å²) in [7, 11) is 0. The summed E-state index contributed by atoms with van der Waals surface area (Å²) in [5.41, 5.74) is 2.99. The number of nitrogens with one attached hydrogen (secondary N) is 1. The van der Waals surface area contributed by atoms with Crippen LogP contribution in [0.5, 0.6) is 0 Å². The first kappa shape index (κ1) is 23.5. The lowest BCUT2D eigenvalue weighted by Crippen LogP contribution is -2.39. The van der Waals surface area contributed by atoms with Crippen molar-refractivity contribution in [3.05, 3.63) is 64.5 Å². The smallest absolute Gasteiger partial charge is 0.312 e. The summed E-state index contributed by atoms with van der Waals surface area (Å²) < 4.78 is 38.2. The molecule has 0 radical (unpaired) electrons. The van der Waals surface area contributed by atoms with E-state index < -0.39 is 17.6 Å². The Hall–Kier alpha value is -3.20. The van der Waals surface area contributed by atoms with Gasteiger partial charge in [0.15, 0.2) is 5.13 Å². The number of carbonyl (C=O) groups excluding carboxylic acids is 2. The third-order valence-electron chi connectivity index (χ3n) is 6.66. The molecule has 1 aliphatic carbocycles. The Bertz CT molecular complexity index is 1250. The molecule has 2 heterocycles. The van der Waals surface area contributed by atoms with Gasteiger partial charge < -0.3 is 4.90 Å². The number of aromatic nitrogens is 1. The lowest BCUT2D eigenvalue weighted by atomic mass is 9.96. The van der Waals surface area contributed by atoms with E-state index in [9.17, 15) is 22.8 Å². The molecule has 2 aliphatic rings. The zero-order valence-electron chi connectivity index (χ0n) is 18.9. The molecule has 35 heavy (non-hydrogen) atoms. The molecule has 5 rings (SSSR count). The molecule has 1 fully saturated rings. The molecule has 3 aromatic rings. The molecule has 0 saturated heterocycles. The van der Waals surface area contributed by atoms with Crippen LogP contribution in [0.25, 0.3) is 11.3 Å². The normalized spacial score (nSPS) is 16.3. The van der Waals surface area contributed by atoms with Crippen LogP contribution in [0.1, 0.15) is 53.6 Å². The maximum Gasteiger partial charge on any atom is 0.416 e. The van der Waals surface area contributed by atoms with Gasteiger partial charge in [0, 0.05) is 34.7 Å². The van der Waals surface area contributed by atoms with Gasteiger partial charge in [0.25, 0.3) is 5.91 Å². The summed E-state index contributed by atoms with van der Waals surface area (Å²) in [4.78, 5) is 31.9. The molecule has 0 spiro atoms. The zero-order chi connectivity index (χ0) is 24.6. The van der Waals surface area contributed by atoms with Crippen LogP contribution in [-0.4, -0.2) is 23.3 Å². The van der Waals surface area contributed by atoms with Crippen molar-refractivity contribution >= 4 is 34.0 Å². The van der Waals surface area contributed by atoms with Crippen LogP contribution in [0.3, 0.4) is 0 Å². The second-order valence-corrected chi connectivity index (χ2v) is 9.84. The zero-order valence-corrected chi connectivity index (χ0v) is 19.7. The van der Waals surface area contributed by atoms with E-state index in [2.05, 4.69) is 16.4 Å². The molecule has 0 unspecified atom stereocenters. The predicted octanol–water partition coefficient (Wildman–Crippen LogP) is 6.55. The van der Waals surface area contributed by atoms with Crippen LogP contribution >= 0.6 is 11.3 Å². The predicted molar refractivity (Wildman–Crippen MR) is 130 cm³/mol. The summed E-state index contributed by atoms with van der Waals surface area (Å²) in [5.74, 6) is -0.153. The number of hydrogen-bond acceptors (Lipinski definition) is 4. The highest BCUT2D eigenvalue weighted by molar-refractivity contribution is 7.14. The van der Waals surface area contributed by atoms with Gasteiger partial charge in [-0.15, -0.1) is 11.3 Å². The maximum atomic E-state index is 13.0. The molecule has 1 aromatic heterocycles. The summed E-state index contributed by atoms with van der Waals surface area (Å²) in [5, 5.41) is 4.85. The molecule has 182 valence electrons. The van der Waals surface area contributed by atoms with E-state index in [4.69, 9.17) is 0 Å². The Morgan fingerprint density at radius 1 is 1.03 bits per heavy atom. The van der Waals surface area contributed by atoms with E-state index in [0.717, 1.165) is 86.1 Å². The standard InChI is InChI=1S/C26H24F3N3O2S/c27-26(28,29)20-10-7-16(8-11-20)23(33)31-25-30-21(15-35-25)18-9-12-22-19(14-18)6-3-13-32(22)24(34)17-4-1-2-5-17/h7-12,14-15,17H,1-6,13H2,(H,30,31,33). The van der Waals surface area contributed by atoms with Crippen LogP contribution in [0.2, 0.25) is 0 Å². The number of nitrogens with zero attached hydrogens (tertiary/aromatic N) is 2. The first-order valence-electron chi connectivity index (χ1n) is 11.7. The van der Waals surface area contributed by atoms with Gasteiger partial charge in [-0.2, -0.15) is 13.2 Å². The van der Waals surface area contributed by atoms with Crippen molar-refractivity contribution in [3.63, 3.8) is 0 Å². The molecular weight excluding hydrogens is 475 g/mol. The second-order valence-electron chi connectivity index (χ2n) is 8.99. The number of rotatable bonds is 4. The largest absolute Gasteiger partial charge is 0.416 e. The lowest BCUT2D eigenvalue weighted by Gasteiger charge is -2.31. The van der Waals surface area contributed by atoms with E-state index in [0.29, 0.717) is 10.8 Å². The molecule has 9 heteroatoms. The van der Waals surface area contributed by atoms with E-state index in [-0.39, 0.29) is 17.4 Å². The number of fused-ring (bicyclic) bond motifs is 1. The summed E-state index contributed by atoms with van der Waals surface area (Å²) in [6.45, 7) is 0.749. The molecule has 1 N–H and O–H groups in total. The van der Waals surface area contributed by atoms with Crippen molar-refractivity contribution in [1.82, 2.24) is 4.98 Å². The molecule has 2 amide bonds. The highest BCUT2D eigenvalue weighted by Gasteiger charge is 2.31. The highest BCUT2D eigenvalue weighted by atomic mass is 32.1. The number of aryl methyl sites for hydroxylation is 1. The first-order chi connectivity index (χ1) is 16.8. The van der Waals surface area contributed by atoms with Crippen molar-refractivity contribution in [2.45, 2.75) is 44.7 Å². The Morgan fingerprint density at radius 3 is 2.49 bits per heavy atom. The molecule has 0 atom stereocenters. The quantitative estimate of drug-likeness (QED) is 0.443. The first-order valence-corrected chi connectivity index (χ1v) is 12.6. The van der Waals surface area contributed by atoms with Gasteiger partial charge in [-0.1, -0.05) is 18.9 Å². The fourth-order valence-corrected chi connectivity index (χ4v) is 5.54. The van der Waals surface area contributed by atoms with Crippen LogP contribution in [0, 0.1) is 5.92 Å². The number of halogens is 3. The highest BCUT2D eigenvalue weighted by Crippen LogP contribution is 2.36. The molecule has 1 aliphatic heterocycles. The van der Waals surface area contributed by atoms with E-state index in [1.165, 1.54) is 11.3 Å². The van der Waals surface area contributed by atoms with E-state index in [1.54, 1.807) is 0 Å². The minimum Gasteiger partial charge on any atom is -0.312 e.